The molecule has 3 N–H and O–H groups in total. The summed E-state index contributed by atoms with van der Waals surface area (Å²) in [7, 11) is 0. The Morgan fingerprint density at radius 1 is 1.57 bits per heavy atom. The predicted molar refractivity (Wildman–Crippen MR) is 54.7 cm³/mol. The van der Waals surface area contributed by atoms with Gasteiger partial charge in [-0.2, -0.15) is 0 Å². The summed E-state index contributed by atoms with van der Waals surface area (Å²) in [5.74, 6) is 0.206. The van der Waals surface area contributed by atoms with Gasteiger partial charge in [-0.1, -0.05) is 6.92 Å². The smallest absolute Gasteiger partial charge is 0.225 e. The second kappa shape index (κ2) is 5.32. The van der Waals surface area contributed by atoms with Crippen molar-refractivity contribution in [2.45, 2.75) is 32.3 Å². The van der Waals surface area contributed by atoms with E-state index in [-0.39, 0.29) is 17.9 Å². The molecule has 1 aliphatic rings. The van der Waals surface area contributed by atoms with E-state index in [1.54, 1.807) is 0 Å². The van der Waals surface area contributed by atoms with Crippen molar-refractivity contribution in [3.05, 3.63) is 0 Å². The predicted octanol–water partition coefficient (Wildman–Crippen LogP) is -0.0454. The molecule has 1 saturated heterocycles. The molecule has 0 aromatic heterocycles. The summed E-state index contributed by atoms with van der Waals surface area (Å²) in [5.41, 5.74) is 5.41. The Hall–Kier alpha value is -0.610. The SMILES string of the molecule is CC(CCN)C(=O)N1CCC(O)CC1. The number of aliphatic hydroxyl groups is 1. The lowest BCUT2D eigenvalue weighted by molar-refractivity contribution is -0.137. The van der Waals surface area contributed by atoms with Crippen molar-refractivity contribution in [3.63, 3.8) is 0 Å². The fourth-order valence-electron chi connectivity index (χ4n) is 1.77. The van der Waals surface area contributed by atoms with Gasteiger partial charge in [0.1, 0.15) is 0 Å². The number of rotatable bonds is 3. The van der Waals surface area contributed by atoms with Crippen molar-refractivity contribution in [2.75, 3.05) is 19.6 Å². The van der Waals surface area contributed by atoms with Crippen molar-refractivity contribution in [3.8, 4) is 0 Å². The lowest BCUT2D eigenvalue weighted by atomic mass is 10.0. The fourth-order valence-corrected chi connectivity index (χ4v) is 1.77. The number of hydrogen-bond donors (Lipinski definition) is 2. The van der Waals surface area contributed by atoms with E-state index >= 15 is 0 Å². The number of carbonyl (C=O) groups is 1. The van der Waals surface area contributed by atoms with E-state index in [1.807, 2.05) is 11.8 Å². The first-order valence-electron chi connectivity index (χ1n) is 5.32. The first kappa shape index (κ1) is 11.5. The molecule has 4 heteroatoms. The van der Waals surface area contributed by atoms with Crippen LogP contribution in [0.5, 0.6) is 0 Å². The van der Waals surface area contributed by atoms with E-state index < -0.39 is 0 Å². The Morgan fingerprint density at radius 2 is 2.14 bits per heavy atom. The van der Waals surface area contributed by atoms with E-state index in [9.17, 15) is 9.90 Å². The summed E-state index contributed by atoms with van der Waals surface area (Å²) < 4.78 is 0. The zero-order valence-corrected chi connectivity index (χ0v) is 8.78. The van der Waals surface area contributed by atoms with E-state index in [1.165, 1.54) is 0 Å². The molecular formula is C10H20N2O2. The highest BCUT2D eigenvalue weighted by Gasteiger charge is 2.24. The zero-order valence-electron chi connectivity index (χ0n) is 8.78. The Balaban J connectivity index is 2.37. The minimum absolute atomic E-state index is 0.0234. The summed E-state index contributed by atoms with van der Waals surface area (Å²) in [6, 6.07) is 0. The third-order valence-electron chi connectivity index (χ3n) is 2.80. The highest BCUT2D eigenvalue weighted by atomic mass is 16.3. The summed E-state index contributed by atoms with van der Waals surface area (Å²) in [6.07, 6.45) is 1.95. The largest absolute Gasteiger partial charge is 0.393 e. The van der Waals surface area contributed by atoms with Crippen molar-refractivity contribution >= 4 is 5.91 Å². The molecule has 1 amide bonds. The molecule has 1 fully saturated rings. The second-order valence-electron chi connectivity index (χ2n) is 4.03. The number of nitrogens with two attached hydrogens (primary N) is 1. The number of hydrogen-bond acceptors (Lipinski definition) is 3. The van der Waals surface area contributed by atoms with E-state index in [4.69, 9.17) is 5.73 Å². The maximum absolute atomic E-state index is 11.8. The molecule has 1 atom stereocenters. The van der Waals surface area contributed by atoms with Gasteiger partial charge in [0.25, 0.3) is 0 Å². The first-order valence-corrected chi connectivity index (χ1v) is 5.32. The lowest BCUT2D eigenvalue weighted by Gasteiger charge is -2.31. The number of piperidine rings is 1. The third-order valence-corrected chi connectivity index (χ3v) is 2.80. The average molecular weight is 200 g/mol. The normalized spacial score (nSPS) is 20.9. The molecule has 1 aliphatic heterocycles. The van der Waals surface area contributed by atoms with Crippen LogP contribution >= 0.6 is 0 Å². The minimum Gasteiger partial charge on any atom is -0.393 e. The van der Waals surface area contributed by atoms with Crippen LogP contribution in [0.15, 0.2) is 0 Å². The Bertz CT molecular complexity index is 189. The molecule has 1 rings (SSSR count). The molecule has 0 saturated carbocycles. The lowest BCUT2D eigenvalue weighted by Crippen LogP contribution is -2.42. The topological polar surface area (TPSA) is 66.6 Å². The third kappa shape index (κ3) is 2.96. The van der Waals surface area contributed by atoms with Crippen LogP contribution in [0, 0.1) is 5.92 Å². The monoisotopic (exact) mass is 200 g/mol. The van der Waals surface area contributed by atoms with Gasteiger partial charge in [-0.05, 0) is 25.8 Å². The minimum atomic E-state index is -0.219. The van der Waals surface area contributed by atoms with Gasteiger partial charge >= 0.3 is 0 Å². The molecule has 4 nitrogen and oxygen atoms in total. The van der Waals surface area contributed by atoms with E-state index in [2.05, 4.69) is 0 Å². The fraction of sp³-hybridized carbons (Fsp3) is 0.900. The maximum Gasteiger partial charge on any atom is 0.225 e. The van der Waals surface area contributed by atoms with E-state index in [0.717, 1.165) is 6.42 Å². The molecule has 0 aromatic carbocycles. The summed E-state index contributed by atoms with van der Waals surface area (Å²) in [6.45, 7) is 3.85. The highest BCUT2D eigenvalue weighted by Crippen LogP contribution is 2.14. The van der Waals surface area contributed by atoms with Gasteiger partial charge in [0.05, 0.1) is 6.10 Å². The van der Waals surface area contributed by atoms with Crippen molar-refractivity contribution < 1.29 is 9.90 Å². The number of nitrogens with zero attached hydrogens (tertiary/aromatic N) is 1. The van der Waals surface area contributed by atoms with Gasteiger partial charge in [0, 0.05) is 19.0 Å². The molecule has 14 heavy (non-hydrogen) atoms. The molecule has 0 radical (unpaired) electrons. The van der Waals surface area contributed by atoms with Crippen LogP contribution < -0.4 is 5.73 Å². The van der Waals surface area contributed by atoms with Gasteiger partial charge in [0.15, 0.2) is 0 Å². The summed E-state index contributed by atoms with van der Waals surface area (Å²) in [4.78, 5) is 13.6. The van der Waals surface area contributed by atoms with Gasteiger partial charge < -0.3 is 15.7 Å². The van der Waals surface area contributed by atoms with Crippen LogP contribution in [0.25, 0.3) is 0 Å². The first-order chi connectivity index (χ1) is 6.65. The number of likely N-dealkylation sites (tertiary alicyclic amines) is 1. The second-order valence-corrected chi connectivity index (χ2v) is 4.03. The van der Waals surface area contributed by atoms with Gasteiger partial charge in [-0.15, -0.1) is 0 Å². The average Bonchev–Trinajstić information content (AvgIpc) is 2.18. The van der Waals surface area contributed by atoms with Crippen LogP contribution in [0.1, 0.15) is 26.2 Å². The molecule has 0 aromatic rings. The van der Waals surface area contributed by atoms with Crippen molar-refractivity contribution in [2.24, 2.45) is 11.7 Å². The molecular weight excluding hydrogens is 180 g/mol. The van der Waals surface area contributed by atoms with Gasteiger partial charge in [-0.3, -0.25) is 4.79 Å². The summed E-state index contributed by atoms with van der Waals surface area (Å²) in [5, 5.41) is 9.29. The standard InChI is InChI=1S/C10H20N2O2/c1-8(2-5-11)10(14)12-6-3-9(13)4-7-12/h8-9,13H,2-7,11H2,1H3. The van der Waals surface area contributed by atoms with Gasteiger partial charge in [-0.25, -0.2) is 0 Å². The molecule has 0 bridgehead atoms. The molecule has 0 aliphatic carbocycles. The Labute approximate surface area is 85.1 Å². The van der Waals surface area contributed by atoms with Crippen LogP contribution in [0.3, 0.4) is 0 Å². The Morgan fingerprint density at radius 3 is 2.64 bits per heavy atom. The number of aliphatic hydroxyl groups excluding tert-OH is 1. The van der Waals surface area contributed by atoms with Crippen molar-refractivity contribution in [1.82, 2.24) is 4.90 Å². The number of amides is 1. The molecule has 0 spiro atoms. The maximum atomic E-state index is 11.8. The molecule has 1 unspecified atom stereocenters. The van der Waals surface area contributed by atoms with Crippen LogP contribution in [0.2, 0.25) is 0 Å². The van der Waals surface area contributed by atoms with Crippen molar-refractivity contribution in [1.29, 1.82) is 0 Å². The summed E-state index contributed by atoms with van der Waals surface area (Å²) >= 11 is 0. The quantitative estimate of drug-likeness (QED) is 0.671. The van der Waals surface area contributed by atoms with Crippen LogP contribution in [-0.2, 0) is 4.79 Å². The van der Waals surface area contributed by atoms with Gasteiger partial charge in [0.2, 0.25) is 5.91 Å². The number of carbonyl (C=O) groups excluding carboxylic acids is 1. The highest BCUT2D eigenvalue weighted by molar-refractivity contribution is 5.78. The zero-order chi connectivity index (χ0) is 10.6. The van der Waals surface area contributed by atoms with Crippen LogP contribution in [0.4, 0.5) is 0 Å². The molecule has 82 valence electrons. The molecule has 1 heterocycles. The van der Waals surface area contributed by atoms with Crippen LogP contribution in [-0.4, -0.2) is 41.7 Å². The van der Waals surface area contributed by atoms with E-state index in [0.29, 0.717) is 32.5 Å². The Kier molecular flexibility index (Phi) is 4.35.